The van der Waals surface area contributed by atoms with Crippen LogP contribution >= 0.6 is 24.0 Å². The van der Waals surface area contributed by atoms with Gasteiger partial charge in [-0.15, -0.1) is 24.0 Å². The Bertz CT molecular complexity index is 734. The molecule has 1 aliphatic heterocycles. The maximum absolute atomic E-state index is 12.9. The fraction of sp³-hybridized carbons (Fsp3) is 0.619. The third-order valence-electron chi connectivity index (χ3n) is 5.10. The highest BCUT2D eigenvalue weighted by Crippen LogP contribution is 2.25. The molecule has 31 heavy (non-hydrogen) atoms. The lowest BCUT2D eigenvalue weighted by Gasteiger charge is -2.39. The molecule has 1 aromatic rings. The first kappa shape index (κ1) is 27.5. The Morgan fingerprint density at radius 2 is 1.81 bits per heavy atom. The van der Waals surface area contributed by atoms with Gasteiger partial charge in [0.2, 0.25) is 5.91 Å². The number of benzene rings is 1. The summed E-state index contributed by atoms with van der Waals surface area (Å²) in [6, 6.07) is 6.13. The minimum absolute atomic E-state index is 0. The summed E-state index contributed by atoms with van der Waals surface area (Å²) in [5, 5.41) is 6.17. The van der Waals surface area contributed by atoms with E-state index in [0.717, 1.165) is 11.3 Å². The molecule has 1 aromatic carbocycles. The molecule has 6 nitrogen and oxygen atoms in total. The number of hydrogen-bond acceptors (Lipinski definition) is 3. The minimum Gasteiger partial charge on any atom is -0.352 e. The molecule has 2 N–H and O–H groups in total. The van der Waals surface area contributed by atoms with E-state index < -0.39 is 12.2 Å². The SMILES string of the molecule is CN=C(NCc1cccc(NC(=O)CC(C)C)c1)N1CCN(C(C)C(F)(F)F)CC1.I. The molecular formula is C21H33F3IN5O. The van der Waals surface area contributed by atoms with Gasteiger partial charge in [-0.2, -0.15) is 13.2 Å². The van der Waals surface area contributed by atoms with Crippen LogP contribution in [0.25, 0.3) is 0 Å². The second-order valence-corrected chi connectivity index (χ2v) is 7.99. The summed E-state index contributed by atoms with van der Waals surface area (Å²) in [5.74, 6) is 0.929. The van der Waals surface area contributed by atoms with E-state index in [9.17, 15) is 18.0 Å². The number of amides is 1. The highest BCUT2D eigenvalue weighted by molar-refractivity contribution is 14.0. The molecule has 1 aliphatic rings. The number of carbonyl (C=O) groups excluding carboxylic acids is 1. The number of halogens is 4. The largest absolute Gasteiger partial charge is 0.403 e. The molecular weight excluding hydrogens is 522 g/mol. The predicted molar refractivity (Wildman–Crippen MR) is 129 cm³/mol. The molecule has 1 atom stereocenters. The standard InChI is InChI=1S/C21H32F3N5O.HI/c1-15(2)12-19(30)27-18-7-5-6-17(13-18)14-26-20(25-4)29-10-8-28(9-11-29)16(3)21(22,23)24;/h5-7,13,15-16H,8-12,14H2,1-4H3,(H,25,26)(H,27,30);1H. The van der Waals surface area contributed by atoms with Crippen molar-refractivity contribution in [1.29, 1.82) is 0 Å². The van der Waals surface area contributed by atoms with Crippen molar-refractivity contribution >= 4 is 41.5 Å². The maximum atomic E-state index is 12.9. The van der Waals surface area contributed by atoms with E-state index >= 15 is 0 Å². The zero-order valence-electron chi connectivity index (χ0n) is 18.5. The summed E-state index contributed by atoms with van der Waals surface area (Å²) in [6.07, 6.45) is -3.74. The Morgan fingerprint density at radius 1 is 1.16 bits per heavy atom. The van der Waals surface area contributed by atoms with Crippen molar-refractivity contribution in [2.75, 3.05) is 38.5 Å². The smallest absolute Gasteiger partial charge is 0.352 e. The summed E-state index contributed by atoms with van der Waals surface area (Å²) < 4.78 is 38.8. The second kappa shape index (κ2) is 12.5. The summed E-state index contributed by atoms with van der Waals surface area (Å²) in [7, 11) is 1.66. The van der Waals surface area contributed by atoms with Gasteiger partial charge in [0.1, 0.15) is 6.04 Å². The van der Waals surface area contributed by atoms with Crippen LogP contribution in [0, 0.1) is 5.92 Å². The third kappa shape index (κ3) is 8.83. The number of anilines is 1. The molecule has 2 rings (SSSR count). The lowest BCUT2D eigenvalue weighted by Crippen LogP contribution is -2.56. The Morgan fingerprint density at radius 3 is 2.35 bits per heavy atom. The first-order chi connectivity index (χ1) is 14.1. The molecule has 0 radical (unpaired) electrons. The molecule has 1 unspecified atom stereocenters. The van der Waals surface area contributed by atoms with Gasteiger partial charge in [-0.05, 0) is 30.5 Å². The number of alkyl halides is 3. The summed E-state index contributed by atoms with van der Waals surface area (Å²) in [5.41, 5.74) is 1.72. The van der Waals surface area contributed by atoms with Gasteiger partial charge in [0.05, 0.1) is 0 Å². The number of piperazine rings is 1. The molecule has 1 heterocycles. The minimum atomic E-state index is -4.21. The lowest BCUT2D eigenvalue weighted by atomic mass is 10.1. The van der Waals surface area contributed by atoms with Crippen LogP contribution in [0.4, 0.5) is 18.9 Å². The van der Waals surface area contributed by atoms with Crippen molar-refractivity contribution < 1.29 is 18.0 Å². The number of hydrogen-bond donors (Lipinski definition) is 2. The molecule has 0 saturated carbocycles. The van der Waals surface area contributed by atoms with Crippen LogP contribution in [0.3, 0.4) is 0 Å². The van der Waals surface area contributed by atoms with E-state index in [1.165, 1.54) is 11.8 Å². The number of nitrogens with zero attached hydrogens (tertiary/aromatic N) is 3. The van der Waals surface area contributed by atoms with Gasteiger partial charge in [0.25, 0.3) is 0 Å². The van der Waals surface area contributed by atoms with Crippen LogP contribution in [0.1, 0.15) is 32.8 Å². The Labute approximate surface area is 199 Å². The average molecular weight is 555 g/mol. The van der Waals surface area contributed by atoms with Crippen molar-refractivity contribution in [2.45, 2.75) is 46.0 Å². The molecule has 1 saturated heterocycles. The molecule has 0 spiro atoms. The number of nitrogens with one attached hydrogen (secondary N) is 2. The molecule has 1 fully saturated rings. The molecule has 1 amide bonds. The van der Waals surface area contributed by atoms with E-state index in [-0.39, 0.29) is 35.8 Å². The molecule has 176 valence electrons. The Balaban J connectivity index is 0.00000480. The first-order valence-corrected chi connectivity index (χ1v) is 10.2. The fourth-order valence-electron chi connectivity index (χ4n) is 3.38. The van der Waals surface area contributed by atoms with E-state index in [1.807, 2.05) is 43.0 Å². The van der Waals surface area contributed by atoms with Crippen molar-refractivity contribution in [2.24, 2.45) is 10.9 Å². The quantitative estimate of drug-likeness (QED) is 0.318. The monoisotopic (exact) mass is 555 g/mol. The normalized spacial score (nSPS) is 16.6. The summed E-state index contributed by atoms with van der Waals surface area (Å²) >= 11 is 0. The van der Waals surface area contributed by atoms with Crippen LogP contribution < -0.4 is 10.6 Å². The van der Waals surface area contributed by atoms with Gasteiger partial charge in [0.15, 0.2) is 5.96 Å². The van der Waals surface area contributed by atoms with Gasteiger partial charge in [-0.25, -0.2) is 0 Å². The van der Waals surface area contributed by atoms with Gasteiger partial charge in [-0.3, -0.25) is 14.7 Å². The van der Waals surface area contributed by atoms with Crippen LogP contribution in [-0.4, -0.2) is 67.1 Å². The highest BCUT2D eigenvalue weighted by Gasteiger charge is 2.41. The average Bonchev–Trinajstić information content (AvgIpc) is 2.67. The summed E-state index contributed by atoms with van der Waals surface area (Å²) in [4.78, 5) is 19.7. The van der Waals surface area contributed by atoms with Crippen LogP contribution in [-0.2, 0) is 11.3 Å². The number of guanidine groups is 1. The number of aliphatic imine (C=N–C) groups is 1. The zero-order valence-corrected chi connectivity index (χ0v) is 20.8. The van der Waals surface area contributed by atoms with E-state index in [4.69, 9.17) is 0 Å². The fourth-order valence-corrected chi connectivity index (χ4v) is 3.38. The Hall–Kier alpha value is -1.56. The predicted octanol–water partition coefficient (Wildman–Crippen LogP) is 3.93. The third-order valence-corrected chi connectivity index (χ3v) is 5.10. The maximum Gasteiger partial charge on any atom is 0.403 e. The van der Waals surface area contributed by atoms with E-state index in [0.29, 0.717) is 45.1 Å². The zero-order chi connectivity index (χ0) is 22.3. The van der Waals surface area contributed by atoms with Crippen LogP contribution in [0.2, 0.25) is 0 Å². The molecule has 0 bridgehead atoms. The van der Waals surface area contributed by atoms with Crippen LogP contribution in [0.5, 0.6) is 0 Å². The van der Waals surface area contributed by atoms with E-state index in [1.54, 1.807) is 7.05 Å². The van der Waals surface area contributed by atoms with Gasteiger partial charge < -0.3 is 15.5 Å². The first-order valence-electron chi connectivity index (χ1n) is 10.2. The molecule has 10 heteroatoms. The van der Waals surface area contributed by atoms with Crippen LogP contribution in [0.15, 0.2) is 29.3 Å². The Kier molecular flexibility index (Phi) is 11.1. The second-order valence-electron chi connectivity index (χ2n) is 7.99. The number of carbonyl (C=O) groups is 1. The van der Waals surface area contributed by atoms with Crippen molar-refractivity contribution in [3.63, 3.8) is 0 Å². The lowest BCUT2D eigenvalue weighted by molar-refractivity contribution is -0.181. The van der Waals surface area contributed by atoms with Gasteiger partial charge in [0, 0.05) is 51.9 Å². The van der Waals surface area contributed by atoms with E-state index in [2.05, 4.69) is 15.6 Å². The molecule has 0 aliphatic carbocycles. The van der Waals surface area contributed by atoms with Gasteiger partial charge in [-0.1, -0.05) is 26.0 Å². The number of rotatable bonds is 6. The van der Waals surface area contributed by atoms with Crippen molar-refractivity contribution in [1.82, 2.24) is 15.1 Å². The topological polar surface area (TPSA) is 60.0 Å². The molecule has 0 aromatic heterocycles. The van der Waals surface area contributed by atoms with Crippen molar-refractivity contribution in [3.8, 4) is 0 Å². The summed E-state index contributed by atoms with van der Waals surface area (Å²) in [6.45, 7) is 7.31. The van der Waals surface area contributed by atoms with Crippen molar-refractivity contribution in [3.05, 3.63) is 29.8 Å². The van der Waals surface area contributed by atoms with Gasteiger partial charge >= 0.3 is 6.18 Å². The highest BCUT2D eigenvalue weighted by atomic mass is 127.